The highest BCUT2D eigenvalue weighted by Gasteiger charge is 2.26. The fraction of sp³-hybridized carbons (Fsp3) is 0.286. The second-order valence-corrected chi connectivity index (χ2v) is 7.85. The van der Waals surface area contributed by atoms with Gasteiger partial charge in [0, 0.05) is 47.7 Å². The number of para-hydroxylation sites is 1. The molecule has 0 unspecified atom stereocenters. The lowest BCUT2D eigenvalue weighted by Crippen LogP contribution is -2.33. The van der Waals surface area contributed by atoms with Crippen molar-refractivity contribution in [3.8, 4) is 22.9 Å². The normalized spacial score (nSPS) is 14.6. The summed E-state index contributed by atoms with van der Waals surface area (Å²) >= 11 is 1.57. The Kier molecular flexibility index (Phi) is 5.13. The number of piperidine rings is 1. The third-order valence-corrected chi connectivity index (χ3v) is 6.19. The van der Waals surface area contributed by atoms with Gasteiger partial charge in [0.15, 0.2) is 5.13 Å². The van der Waals surface area contributed by atoms with Crippen LogP contribution < -0.4 is 15.4 Å². The number of anilines is 2. The summed E-state index contributed by atoms with van der Waals surface area (Å²) in [6.07, 6.45) is 7.42. The molecule has 0 atom stereocenters. The van der Waals surface area contributed by atoms with Gasteiger partial charge in [-0.25, -0.2) is 4.98 Å². The predicted octanol–water partition coefficient (Wildman–Crippen LogP) is 4.05. The van der Waals surface area contributed by atoms with Gasteiger partial charge < -0.3 is 15.4 Å². The first-order valence-corrected chi connectivity index (χ1v) is 10.0. The molecule has 2 aromatic heterocycles. The largest absolute Gasteiger partial charge is 0.496 e. The molecule has 0 radical (unpaired) electrons. The van der Waals surface area contributed by atoms with Crippen LogP contribution in [-0.2, 0) is 0 Å². The molecular weight excluding hydrogens is 370 g/mol. The van der Waals surface area contributed by atoms with Gasteiger partial charge in [0.2, 0.25) is 0 Å². The zero-order valence-electron chi connectivity index (χ0n) is 15.6. The van der Waals surface area contributed by atoms with E-state index in [-0.39, 0.29) is 0 Å². The zero-order chi connectivity index (χ0) is 19.5. The fourth-order valence-electron chi connectivity index (χ4n) is 3.83. The van der Waals surface area contributed by atoms with Gasteiger partial charge in [0.25, 0.3) is 0 Å². The summed E-state index contributed by atoms with van der Waals surface area (Å²) in [6.45, 7) is 1.74. The highest BCUT2D eigenvalue weighted by Crippen LogP contribution is 2.41. The molecule has 1 saturated heterocycles. The highest BCUT2D eigenvalue weighted by molar-refractivity contribution is 7.15. The number of benzene rings is 1. The predicted molar refractivity (Wildman–Crippen MR) is 112 cm³/mol. The number of ether oxygens (including phenoxy) is 1. The lowest BCUT2D eigenvalue weighted by Gasteiger charge is -2.35. The van der Waals surface area contributed by atoms with Gasteiger partial charge in [0.1, 0.15) is 11.8 Å². The van der Waals surface area contributed by atoms with Crippen molar-refractivity contribution in [2.75, 3.05) is 30.8 Å². The molecule has 3 aromatic rings. The fourth-order valence-corrected chi connectivity index (χ4v) is 4.69. The van der Waals surface area contributed by atoms with Crippen molar-refractivity contribution in [1.82, 2.24) is 9.97 Å². The minimum Gasteiger partial charge on any atom is -0.496 e. The Morgan fingerprint density at radius 3 is 2.71 bits per heavy atom. The molecule has 0 amide bonds. The Hall–Kier alpha value is -3.11. The molecule has 142 valence electrons. The summed E-state index contributed by atoms with van der Waals surface area (Å²) < 4.78 is 5.53. The SMILES string of the molecule is COc1ccncc1-c1cccc(C#N)c1N1CCC(c2cnc(N)s2)CC1. The second-order valence-electron chi connectivity index (χ2n) is 6.75. The van der Waals surface area contributed by atoms with E-state index in [0.29, 0.717) is 16.6 Å². The molecular formula is C21H21N5OS. The molecule has 0 bridgehead atoms. The summed E-state index contributed by atoms with van der Waals surface area (Å²) in [5.41, 5.74) is 9.30. The molecule has 1 aromatic carbocycles. The number of hydrogen-bond donors (Lipinski definition) is 1. The van der Waals surface area contributed by atoms with Crippen LogP contribution in [0.2, 0.25) is 0 Å². The summed E-state index contributed by atoms with van der Waals surface area (Å²) in [5, 5.41) is 10.4. The van der Waals surface area contributed by atoms with Gasteiger partial charge in [-0.05, 0) is 30.9 Å². The number of thiazole rings is 1. The van der Waals surface area contributed by atoms with E-state index in [9.17, 15) is 5.26 Å². The third kappa shape index (κ3) is 3.39. The third-order valence-electron chi connectivity index (χ3n) is 5.20. The van der Waals surface area contributed by atoms with Crippen molar-refractivity contribution in [3.63, 3.8) is 0 Å². The Morgan fingerprint density at radius 1 is 1.21 bits per heavy atom. The number of nitrogen functional groups attached to an aromatic ring is 1. The van der Waals surface area contributed by atoms with Crippen LogP contribution in [0.5, 0.6) is 5.75 Å². The Morgan fingerprint density at radius 2 is 2.04 bits per heavy atom. The first-order chi connectivity index (χ1) is 13.7. The summed E-state index contributed by atoms with van der Waals surface area (Å²) in [6, 6.07) is 10.0. The van der Waals surface area contributed by atoms with Gasteiger partial charge in [-0.2, -0.15) is 5.26 Å². The van der Waals surface area contributed by atoms with E-state index in [4.69, 9.17) is 10.5 Å². The highest BCUT2D eigenvalue weighted by atomic mass is 32.1. The average molecular weight is 392 g/mol. The lowest BCUT2D eigenvalue weighted by molar-refractivity contribution is 0.416. The van der Waals surface area contributed by atoms with E-state index in [2.05, 4.69) is 20.9 Å². The minimum absolute atomic E-state index is 0.469. The van der Waals surface area contributed by atoms with Crippen molar-refractivity contribution >= 4 is 22.2 Å². The van der Waals surface area contributed by atoms with Gasteiger partial charge in [0.05, 0.1) is 18.4 Å². The minimum atomic E-state index is 0.469. The molecule has 0 saturated carbocycles. The van der Waals surface area contributed by atoms with Crippen LogP contribution in [0.15, 0.2) is 42.9 Å². The maximum Gasteiger partial charge on any atom is 0.180 e. The number of hydrogen-bond acceptors (Lipinski definition) is 7. The van der Waals surface area contributed by atoms with Crippen LogP contribution in [0.25, 0.3) is 11.1 Å². The lowest BCUT2D eigenvalue weighted by atomic mass is 9.93. The number of rotatable bonds is 4. The molecule has 7 heteroatoms. The number of nitrogens with zero attached hydrogens (tertiary/aromatic N) is 4. The Labute approximate surface area is 168 Å². The standard InChI is InChI=1S/C21H21N5OS/c1-27-18-5-8-24-12-17(18)16-4-2-3-15(11-22)20(16)26-9-6-14(7-10-26)19-13-25-21(23)28-19/h2-5,8,12-14H,6-7,9-10H2,1H3,(H2,23,25). The average Bonchev–Trinajstić information content (AvgIpc) is 3.19. The van der Waals surface area contributed by atoms with Crippen LogP contribution in [0, 0.1) is 11.3 Å². The van der Waals surface area contributed by atoms with E-state index < -0.39 is 0 Å². The smallest absolute Gasteiger partial charge is 0.180 e. The number of nitriles is 1. The molecule has 6 nitrogen and oxygen atoms in total. The van der Waals surface area contributed by atoms with Crippen LogP contribution >= 0.6 is 11.3 Å². The van der Waals surface area contributed by atoms with E-state index in [1.54, 1.807) is 30.8 Å². The van der Waals surface area contributed by atoms with Gasteiger partial charge in [-0.3, -0.25) is 4.98 Å². The van der Waals surface area contributed by atoms with E-state index in [1.807, 2.05) is 30.5 Å². The number of nitrogens with two attached hydrogens (primary N) is 1. The summed E-state index contributed by atoms with van der Waals surface area (Å²) in [7, 11) is 1.65. The van der Waals surface area contributed by atoms with Crippen LogP contribution in [0.3, 0.4) is 0 Å². The van der Waals surface area contributed by atoms with E-state index >= 15 is 0 Å². The maximum atomic E-state index is 9.74. The molecule has 1 fully saturated rings. The zero-order valence-corrected chi connectivity index (χ0v) is 16.4. The molecule has 1 aliphatic heterocycles. The molecule has 0 aliphatic carbocycles. The first-order valence-electron chi connectivity index (χ1n) is 9.19. The quantitative estimate of drug-likeness (QED) is 0.722. The van der Waals surface area contributed by atoms with E-state index in [0.717, 1.165) is 48.5 Å². The van der Waals surface area contributed by atoms with Crippen LogP contribution in [0.4, 0.5) is 10.8 Å². The van der Waals surface area contributed by atoms with Crippen LogP contribution in [-0.4, -0.2) is 30.2 Å². The number of aromatic nitrogens is 2. The van der Waals surface area contributed by atoms with Gasteiger partial charge in [-0.1, -0.05) is 12.1 Å². The van der Waals surface area contributed by atoms with Crippen molar-refractivity contribution in [2.24, 2.45) is 0 Å². The maximum absolute atomic E-state index is 9.74. The summed E-state index contributed by atoms with van der Waals surface area (Å²) in [4.78, 5) is 12.0. The molecule has 1 aliphatic rings. The monoisotopic (exact) mass is 391 g/mol. The first kappa shape index (κ1) is 18.3. The molecule has 4 rings (SSSR count). The Balaban J connectivity index is 1.67. The van der Waals surface area contributed by atoms with Gasteiger partial charge in [-0.15, -0.1) is 11.3 Å². The molecule has 3 heterocycles. The molecule has 0 spiro atoms. The summed E-state index contributed by atoms with van der Waals surface area (Å²) in [5.74, 6) is 1.22. The van der Waals surface area contributed by atoms with Crippen molar-refractivity contribution in [1.29, 1.82) is 5.26 Å². The van der Waals surface area contributed by atoms with E-state index in [1.165, 1.54) is 4.88 Å². The van der Waals surface area contributed by atoms with Crippen molar-refractivity contribution in [2.45, 2.75) is 18.8 Å². The second kappa shape index (κ2) is 7.87. The van der Waals surface area contributed by atoms with Crippen molar-refractivity contribution in [3.05, 3.63) is 53.3 Å². The Bertz CT molecular complexity index is 1020. The van der Waals surface area contributed by atoms with Gasteiger partial charge >= 0.3 is 0 Å². The molecule has 28 heavy (non-hydrogen) atoms. The van der Waals surface area contributed by atoms with Crippen LogP contribution in [0.1, 0.15) is 29.2 Å². The number of pyridine rings is 1. The van der Waals surface area contributed by atoms with Crippen molar-refractivity contribution < 1.29 is 4.74 Å². The molecule has 2 N–H and O–H groups in total. The number of methoxy groups -OCH3 is 1. The topological polar surface area (TPSA) is 88.1 Å².